The van der Waals surface area contributed by atoms with Crippen LogP contribution in [0.1, 0.15) is 33.6 Å². The number of ether oxygens (including phenoxy) is 1. The molecule has 0 saturated heterocycles. The predicted octanol–water partition coefficient (Wildman–Crippen LogP) is 1.54. The van der Waals surface area contributed by atoms with E-state index < -0.39 is 0 Å². The number of hydrogen-bond donors (Lipinski definition) is 1. The Morgan fingerprint density at radius 3 is 2.18 bits per heavy atom. The highest BCUT2D eigenvalue weighted by molar-refractivity contribution is 4.83. The number of rotatable bonds is 3. The normalized spacial score (nSPS) is 33.5. The molecule has 2 nitrogen and oxygen atoms in total. The Balaban J connectivity index is 2.11. The molecule has 0 radical (unpaired) electrons. The maximum atomic E-state index is 5.74. The van der Waals surface area contributed by atoms with E-state index in [1.165, 1.54) is 0 Å². The molecule has 0 aromatic heterocycles. The molecule has 66 valence electrons. The van der Waals surface area contributed by atoms with Gasteiger partial charge in [0, 0.05) is 6.04 Å². The van der Waals surface area contributed by atoms with Crippen molar-refractivity contribution >= 4 is 0 Å². The summed E-state index contributed by atoms with van der Waals surface area (Å²) in [5, 5.41) is 0. The van der Waals surface area contributed by atoms with Crippen LogP contribution in [0.5, 0.6) is 0 Å². The summed E-state index contributed by atoms with van der Waals surface area (Å²) in [6, 6.07) is 0.402. The van der Waals surface area contributed by atoms with Gasteiger partial charge in [0.1, 0.15) is 0 Å². The minimum absolute atomic E-state index is 0.382. The topological polar surface area (TPSA) is 35.2 Å². The number of hydrogen-bond acceptors (Lipinski definition) is 2. The van der Waals surface area contributed by atoms with E-state index in [9.17, 15) is 0 Å². The second-order valence-electron chi connectivity index (χ2n) is 3.94. The largest absolute Gasteiger partial charge is 0.375 e. The number of nitrogens with two attached hydrogens (primary N) is 1. The van der Waals surface area contributed by atoms with Crippen molar-refractivity contribution in [1.82, 2.24) is 0 Å². The third kappa shape index (κ3) is 2.46. The summed E-state index contributed by atoms with van der Waals surface area (Å²) < 4.78 is 5.74. The van der Waals surface area contributed by atoms with Gasteiger partial charge in [-0.15, -0.1) is 0 Å². The van der Waals surface area contributed by atoms with E-state index in [1.807, 2.05) is 0 Å². The highest BCUT2D eigenvalue weighted by atomic mass is 16.5. The van der Waals surface area contributed by atoms with E-state index in [0.717, 1.165) is 12.8 Å². The lowest BCUT2D eigenvalue weighted by atomic mass is 9.90. The summed E-state index contributed by atoms with van der Waals surface area (Å²) in [7, 11) is 0. The second-order valence-corrected chi connectivity index (χ2v) is 3.94. The molecular formula is C9H19NO. The molecule has 1 rings (SSSR count). The molecule has 0 aromatic carbocycles. The fraction of sp³-hybridized carbons (Fsp3) is 1.00. The molecule has 1 fully saturated rings. The van der Waals surface area contributed by atoms with E-state index in [0.29, 0.717) is 24.2 Å². The summed E-state index contributed by atoms with van der Waals surface area (Å²) in [5.41, 5.74) is 5.64. The summed E-state index contributed by atoms with van der Waals surface area (Å²) in [6.07, 6.45) is 2.93. The van der Waals surface area contributed by atoms with Crippen molar-refractivity contribution in [3.8, 4) is 0 Å². The van der Waals surface area contributed by atoms with Crippen LogP contribution in [0.2, 0.25) is 0 Å². The van der Waals surface area contributed by atoms with Crippen LogP contribution >= 0.6 is 0 Å². The molecule has 0 amide bonds. The maximum absolute atomic E-state index is 5.74. The molecule has 2 heteroatoms. The van der Waals surface area contributed by atoms with Crippen LogP contribution in [-0.2, 0) is 4.74 Å². The first-order valence-corrected chi connectivity index (χ1v) is 4.50. The fourth-order valence-electron chi connectivity index (χ4n) is 1.18. The smallest absolute Gasteiger partial charge is 0.0608 e. The predicted molar refractivity (Wildman–Crippen MR) is 46.4 cm³/mol. The Morgan fingerprint density at radius 1 is 1.27 bits per heavy atom. The Hall–Kier alpha value is -0.0800. The zero-order valence-corrected chi connectivity index (χ0v) is 7.71. The molecule has 0 spiro atoms. The van der Waals surface area contributed by atoms with Gasteiger partial charge in [-0.1, -0.05) is 13.8 Å². The Labute approximate surface area is 69.1 Å². The van der Waals surface area contributed by atoms with Gasteiger partial charge in [0.15, 0.2) is 0 Å². The molecule has 1 aliphatic carbocycles. The molecule has 1 atom stereocenters. The van der Waals surface area contributed by atoms with E-state index in [4.69, 9.17) is 10.5 Å². The van der Waals surface area contributed by atoms with Crippen LogP contribution < -0.4 is 5.73 Å². The van der Waals surface area contributed by atoms with Crippen molar-refractivity contribution in [1.29, 1.82) is 0 Å². The molecule has 1 saturated carbocycles. The molecule has 0 heterocycles. The van der Waals surface area contributed by atoms with Gasteiger partial charge in [0.25, 0.3) is 0 Å². The van der Waals surface area contributed by atoms with Gasteiger partial charge >= 0.3 is 0 Å². The lowest BCUT2D eigenvalue weighted by molar-refractivity contribution is -0.0681. The quantitative estimate of drug-likeness (QED) is 0.674. The van der Waals surface area contributed by atoms with Gasteiger partial charge < -0.3 is 10.5 Å². The first kappa shape index (κ1) is 9.01. The average Bonchev–Trinajstić information content (AvgIpc) is 1.84. The lowest BCUT2D eigenvalue weighted by Crippen LogP contribution is -2.43. The van der Waals surface area contributed by atoms with E-state index in [2.05, 4.69) is 20.8 Å². The first-order chi connectivity index (χ1) is 5.09. The van der Waals surface area contributed by atoms with Crippen molar-refractivity contribution in [3.05, 3.63) is 0 Å². The third-order valence-corrected chi connectivity index (χ3v) is 2.48. The minimum atomic E-state index is 0.382. The summed E-state index contributed by atoms with van der Waals surface area (Å²) in [4.78, 5) is 0. The van der Waals surface area contributed by atoms with Crippen LogP contribution in [-0.4, -0.2) is 18.2 Å². The van der Waals surface area contributed by atoms with Crippen molar-refractivity contribution in [2.24, 2.45) is 11.7 Å². The summed E-state index contributed by atoms with van der Waals surface area (Å²) >= 11 is 0. The van der Waals surface area contributed by atoms with Crippen molar-refractivity contribution < 1.29 is 4.74 Å². The van der Waals surface area contributed by atoms with Crippen LogP contribution in [0.15, 0.2) is 0 Å². The van der Waals surface area contributed by atoms with E-state index in [1.54, 1.807) is 0 Å². The van der Waals surface area contributed by atoms with Crippen LogP contribution in [0.3, 0.4) is 0 Å². The minimum Gasteiger partial charge on any atom is -0.375 e. The summed E-state index contributed by atoms with van der Waals surface area (Å²) in [5.74, 6) is 0.617. The van der Waals surface area contributed by atoms with Gasteiger partial charge in [-0.3, -0.25) is 0 Å². The Bertz CT molecular complexity index is 119. The van der Waals surface area contributed by atoms with Gasteiger partial charge in [-0.25, -0.2) is 0 Å². The van der Waals surface area contributed by atoms with E-state index in [-0.39, 0.29) is 0 Å². The molecule has 0 aromatic rings. The molecule has 1 aliphatic rings. The zero-order valence-electron chi connectivity index (χ0n) is 7.71. The molecule has 0 bridgehead atoms. The summed E-state index contributed by atoms with van der Waals surface area (Å²) in [6.45, 7) is 6.50. The molecule has 1 unspecified atom stereocenters. The third-order valence-electron chi connectivity index (χ3n) is 2.48. The Kier molecular flexibility index (Phi) is 2.90. The molecular weight excluding hydrogens is 138 g/mol. The fourth-order valence-corrected chi connectivity index (χ4v) is 1.18. The lowest BCUT2D eigenvalue weighted by Gasteiger charge is -2.35. The van der Waals surface area contributed by atoms with Crippen LogP contribution in [0.4, 0.5) is 0 Å². The van der Waals surface area contributed by atoms with Gasteiger partial charge in [0.2, 0.25) is 0 Å². The second kappa shape index (κ2) is 3.55. The highest BCUT2D eigenvalue weighted by Gasteiger charge is 2.28. The SMILES string of the molecule is CC(C)C(C)OC1CC(N)C1. The zero-order chi connectivity index (χ0) is 8.43. The van der Waals surface area contributed by atoms with Gasteiger partial charge in [0.05, 0.1) is 12.2 Å². The molecule has 2 N–H and O–H groups in total. The van der Waals surface area contributed by atoms with Crippen LogP contribution in [0, 0.1) is 5.92 Å². The van der Waals surface area contributed by atoms with Crippen LogP contribution in [0.25, 0.3) is 0 Å². The average molecular weight is 157 g/mol. The highest BCUT2D eigenvalue weighted by Crippen LogP contribution is 2.24. The first-order valence-electron chi connectivity index (χ1n) is 4.50. The molecule has 11 heavy (non-hydrogen) atoms. The monoisotopic (exact) mass is 157 g/mol. The molecule has 0 aliphatic heterocycles. The standard InChI is InChI=1S/C9H19NO/c1-6(2)7(3)11-9-4-8(10)5-9/h6-9H,4-5,10H2,1-3H3. The van der Waals surface area contributed by atoms with Crippen molar-refractivity contribution in [2.75, 3.05) is 0 Å². The maximum Gasteiger partial charge on any atom is 0.0608 e. The van der Waals surface area contributed by atoms with E-state index >= 15 is 0 Å². The van der Waals surface area contributed by atoms with Crippen molar-refractivity contribution in [2.45, 2.75) is 51.9 Å². The van der Waals surface area contributed by atoms with Gasteiger partial charge in [-0.05, 0) is 25.7 Å². The van der Waals surface area contributed by atoms with Gasteiger partial charge in [-0.2, -0.15) is 0 Å². The van der Waals surface area contributed by atoms with Crippen molar-refractivity contribution in [3.63, 3.8) is 0 Å². The Morgan fingerprint density at radius 2 is 1.82 bits per heavy atom.